The van der Waals surface area contributed by atoms with E-state index >= 15 is 0 Å². The van der Waals surface area contributed by atoms with Crippen LogP contribution in [-0.2, 0) is 14.3 Å². The number of thiazole rings is 1. The normalized spacial score (nSPS) is 24.2. The van der Waals surface area contributed by atoms with Crippen molar-refractivity contribution in [2.75, 3.05) is 79.4 Å². The number of hydrogen-bond acceptors (Lipinski definition) is 19. The molecule has 4 aromatic heterocycles. The van der Waals surface area contributed by atoms with Gasteiger partial charge in [0, 0.05) is 113 Å². The van der Waals surface area contributed by atoms with Gasteiger partial charge in [0.2, 0.25) is 17.7 Å². The molecule has 82 heavy (non-hydrogen) atoms. The Morgan fingerprint density at radius 3 is 2.32 bits per heavy atom. The van der Waals surface area contributed by atoms with Crippen molar-refractivity contribution in [1.29, 1.82) is 0 Å². The number of aliphatic hydroxyl groups excluding tert-OH is 2. The molecule has 5 aliphatic heterocycles. The van der Waals surface area contributed by atoms with Gasteiger partial charge in [-0.25, -0.2) is 9.97 Å². The predicted molar refractivity (Wildman–Crippen MR) is 313 cm³/mol. The number of anilines is 4. The van der Waals surface area contributed by atoms with E-state index in [1.807, 2.05) is 81.0 Å². The fourth-order valence-corrected chi connectivity index (χ4v) is 14.3. The Morgan fingerprint density at radius 2 is 1.61 bits per heavy atom. The number of aryl methyl sites for hydroxylation is 1. The number of amides is 2. The molecule has 6 aromatic rings. The quantitative estimate of drug-likeness (QED) is 0.0584. The van der Waals surface area contributed by atoms with Gasteiger partial charge in [-0.1, -0.05) is 55.4 Å². The first-order valence-electron chi connectivity index (χ1n) is 29.4. The fourth-order valence-electron chi connectivity index (χ4n) is 13.5. The van der Waals surface area contributed by atoms with E-state index in [4.69, 9.17) is 19.7 Å². The number of carbonyl (C=O) groups excluding carboxylic acids is 2. The number of piperidine rings is 2. The number of aliphatic hydroxyl groups is 2. The molecule has 6 N–H and O–H groups in total. The molecular formula is C61H76N12O8S. The molecule has 6 atom stereocenters. The van der Waals surface area contributed by atoms with Crippen LogP contribution in [0.25, 0.3) is 21.7 Å². The number of hydrogen-bond donors (Lipinski definition) is 5. The second kappa shape index (κ2) is 24.1. The summed E-state index contributed by atoms with van der Waals surface area (Å²) < 4.78 is 19.0. The second-order valence-corrected chi connectivity index (χ2v) is 24.7. The van der Waals surface area contributed by atoms with Crippen molar-refractivity contribution in [1.82, 2.24) is 40.4 Å². The molecule has 9 heterocycles. The minimum absolute atomic E-state index is 0.0243. The molecule has 5 saturated heterocycles. The highest BCUT2D eigenvalue weighted by Crippen LogP contribution is 2.41. The Kier molecular flexibility index (Phi) is 16.4. The SMILES string of the molecule is Cc1ncsc1-c1ccc([C@H](CO)NC(=O)[C@@H]2C[C@@H](O)CN2C(=O)[C@@H](c2cc(N3CCC(CN4CCC(OC5CC(Oc6cc(N7C8CCC7CN(c7cc(-c9ccccc9O)nnc7N)C8)ccn6)C5)CC4)CC3)no2)C(C)C)cc1. The maximum atomic E-state index is 14.4. The van der Waals surface area contributed by atoms with Crippen molar-refractivity contribution in [2.24, 2.45) is 11.8 Å². The van der Waals surface area contributed by atoms with Crippen LogP contribution in [0.5, 0.6) is 11.6 Å². The molecule has 6 aliphatic rings. The fraction of sp³-hybridized carbons (Fsp3) is 0.525. The van der Waals surface area contributed by atoms with E-state index in [1.165, 1.54) is 4.90 Å². The molecular weight excluding hydrogens is 1060 g/mol. The number of nitrogen functional groups attached to an aromatic ring is 1. The third-order valence-electron chi connectivity index (χ3n) is 18.0. The van der Waals surface area contributed by atoms with Crippen molar-refractivity contribution in [3.8, 4) is 33.3 Å². The van der Waals surface area contributed by atoms with E-state index in [2.05, 4.69) is 62.4 Å². The van der Waals surface area contributed by atoms with E-state index in [9.17, 15) is 24.9 Å². The zero-order valence-corrected chi connectivity index (χ0v) is 47.8. The molecule has 20 nitrogen and oxygen atoms in total. The van der Waals surface area contributed by atoms with Crippen molar-refractivity contribution < 1.29 is 38.9 Å². The van der Waals surface area contributed by atoms with Gasteiger partial charge in [-0.15, -0.1) is 21.5 Å². The molecule has 2 aromatic carbocycles. The Morgan fingerprint density at radius 1 is 0.854 bits per heavy atom. The molecule has 2 unspecified atom stereocenters. The maximum Gasteiger partial charge on any atom is 0.243 e. The highest BCUT2D eigenvalue weighted by atomic mass is 32.1. The number of ether oxygens (including phenoxy) is 2. The van der Waals surface area contributed by atoms with E-state index in [0.717, 1.165) is 130 Å². The first-order valence-corrected chi connectivity index (χ1v) is 30.3. The molecule has 21 heteroatoms. The number of fused-ring (bicyclic) bond motifs is 2. The summed E-state index contributed by atoms with van der Waals surface area (Å²) in [5.74, 6) is 1.34. The van der Waals surface area contributed by atoms with E-state index in [-0.39, 0.29) is 55.5 Å². The Balaban J connectivity index is 0.567. The number of para-hydroxylation sites is 1. The third-order valence-corrected chi connectivity index (χ3v) is 19.0. The topological polar surface area (TPSA) is 245 Å². The van der Waals surface area contributed by atoms with Crippen molar-refractivity contribution in [3.63, 3.8) is 0 Å². The molecule has 0 spiro atoms. The summed E-state index contributed by atoms with van der Waals surface area (Å²) in [5, 5.41) is 47.6. The zero-order chi connectivity index (χ0) is 56.6. The number of piperazine rings is 1. The van der Waals surface area contributed by atoms with Crippen LogP contribution < -0.4 is 30.5 Å². The van der Waals surface area contributed by atoms with Crippen LogP contribution in [0.15, 0.2) is 89.0 Å². The standard InChI is InChI=1S/C61H76N12O8S/c1-36(2)57(61(78)72-33-44(75)25-52(72)60(77)65-50(34-74)39-8-10-40(11-9-39)58-37(3)64-35-82-58)54-29-55(68-81-54)70-22-15-38(16-23-70)30-69-20-17-45(18-21-69)79-46-26-47(27-46)80-56-24-41(14-19-63-56)73-42-12-13-43(73)32-71(31-42)51-28-49(66-67-59(51)62)48-6-4-5-7-53(48)76/h4-11,14,19,24,28-29,35-36,38,42-47,50,52,57,74-76H,12-13,15-18,20-23,25-27,30-34H2,1-3H3,(H2,62,67)(H,65,77)/t42?,43?,44-,46?,47?,50+,52+,57-/m1/s1. The van der Waals surface area contributed by atoms with Gasteiger partial charge in [0.1, 0.15) is 23.8 Å². The van der Waals surface area contributed by atoms with Crippen LogP contribution in [-0.4, -0.2) is 164 Å². The molecule has 2 bridgehead atoms. The lowest BCUT2D eigenvalue weighted by Gasteiger charge is -2.43. The lowest BCUT2D eigenvalue weighted by molar-refractivity contribution is -0.141. The minimum atomic E-state index is -0.910. The number of nitrogens with zero attached hydrogens (tertiary/aromatic N) is 10. The average molecular weight is 1140 g/mol. The molecule has 6 fully saturated rings. The molecule has 0 radical (unpaired) electrons. The summed E-state index contributed by atoms with van der Waals surface area (Å²) in [5.41, 5.74) is 14.1. The first kappa shape index (κ1) is 55.6. The van der Waals surface area contributed by atoms with Crippen molar-refractivity contribution in [2.45, 2.75) is 133 Å². The van der Waals surface area contributed by atoms with E-state index in [1.54, 1.807) is 23.5 Å². The largest absolute Gasteiger partial charge is 0.507 e. The highest BCUT2D eigenvalue weighted by molar-refractivity contribution is 7.13. The minimum Gasteiger partial charge on any atom is -0.507 e. The molecule has 434 valence electrons. The maximum absolute atomic E-state index is 14.4. The number of nitrogens with two attached hydrogens (primary N) is 1. The van der Waals surface area contributed by atoms with E-state index in [0.29, 0.717) is 52.5 Å². The van der Waals surface area contributed by atoms with Crippen molar-refractivity contribution >= 4 is 46.2 Å². The first-order chi connectivity index (χ1) is 39.8. The summed E-state index contributed by atoms with van der Waals surface area (Å²) in [6.45, 7) is 11.9. The van der Waals surface area contributed by atoms with Crippen LogP contribution in [0.2, 0.25) is 0 Å². The molecule has 2 amide bonds. The van der Waals surface area contributed by atoms with Gasteiger partial charge < -0.3 is 64.9 Å². The van der Waals surface area contributed by atoms with Crippen LogP contribution in [0.1, 0.15) is 101 Å². The number of likely N-dealkylation sites (tertiary alicyclic amines) is 2. The summed E-state index contributed by atoms with van der Waals surface area (Å²) in [6.07, 6.45) is 9.59. The predicted octanol–water partition coefficient (Wildman–Crippen LogP) is 6.96. The summed E-state index contributed by atoms with van der Waals surface area (Å²) >= 11 is 1.56. The smallest absolute Gasteiger partial charge is 0.243 e. The number of rotatable bonds is 18. The highest BCUT2D eigenvalue weighted by Gasteiger charge is 2.45. The number of pyridine rings is 1. The third kappa shape index (κ3) is 11.8. The number of phenolic OH excluding ortho intramolecular Hbond substituents is 1. The number of β-amino-alcohol motifs (C(OH)–C–C–N with tert-alkyl or cyclic N) is 1. The number of nitrogens with one attached hydrogen (secondary N) is 1. The van der Waals surface area contributed by atoms with Gasteiger partial charge >= 0.3 is 0 Å². The second-order valence-electron chi connectivity index (χ2n) is 23.8. The number of carbonyl (C=O) groups is 2. The number of aromatic hydroxyl groups is 1. The Labute approximate surface area is 482 Å². The summed E-state index contributed by atoms with van der Waals surface area (Å²) in [6, 6.07) is 21.8. The number of phenols is 1. The Hall–Kier alpha value is -6.91. The van der Waals surface area contributed by atoms with Gasteiger partial charge in [-0.3, -0.25) is 9.59 Å². The van der Waals surface area contributed by atoms with Crippen LogP contribution in [0, 0.1) is 18.8 Å². The van der Waals surface area contributed by atoms with Gasteiger partial charge in [0.15, 0.2) is 17.4 Å². The van der Waals surface area contributed by atoms with Crippen LogP contribution >= 0.6 is 11.3 Å². The average Bonchev–Trinajstić information content (AvgIpc) is 4.41. The van der Waals surface area contributed by atoms with Crippen molar-refractivity contribution in [3.05, 3.63) is 102 Å². The summed E-state index contributed by atoms with van der Waals surface area (Å²) in [7, 11) is 0. The van der Waals surface area contributed by atoms with Gasteiger partial charge in [0.05, 0.1) is 58.4 Å². The number of benzene rings is 2. The van der Waals surface area contributed by atoms with Crippen LogP contribution in [0.4, 0.5) is 23.0 Å². The van der Waals surface area contributed by atoms with Gasteiger partial charge in [-0.05, 0) is 92.7 Å². The van der Waals surface area contributed by atoms with E-state index < -0.39 is 30.0 Å². The molecule has 12 rings (SSSR count). The molecule has 1 saturated carbocycles. The monoisotopic (exact) mass is 1140 g/mol. The van der Waals surface area contributed by atoms with Gasteiger partial charge in [0.25, 0.3) is 0 Å². The zero-order valence-electron chi connectivity index (χ0n) is 47.0. The Bertz CT molecular complexity index is 3160. The molecule has 1 aliphatic carbocycles. The van der Waals surface area contributed by atoms with Gasteiger partial charge in [-0.2, -0.15) is 0 Å². The lowest BCUT2D eigenvalue weighted by atomic mass is 9.91. The van der Waals surface area contributed by atoms with Crippen LogP contribution in [0.3, 0.4) is 0 Å². The number of aromatic nitrogens is 5. The summed E-state index contributed by atoms with van der Waals surface area (Å²) in [4.78, 5) is 49.5. The lowest BCUT2D eigenvalue weighted by Crippen LogP contribution is -2.54.